The summed E-state index contributed by atoms with van der Waals surface area (Å²) in [6, 6.07) is 27.3. The number of piperazine rings is 1. The van der Waals surface area contributed by atoms with Gasteiger partial charge in [0, 0.05) is 32.3 Å². The molecule has 3 aromatic carbocycles. The first-order valence-electron chi connectivity index (χ1n) is 11.2. The van der Waals surface area contributed by atoms with E-state index in [1.807, 2.05) is 36.4 Å². The predicted molar refractivity (Wildman–Crippen MR) is 133 cm³/mol. The van der Waals surface area contributed by atoms with E-state index in [1.165, 1.54) is 24.3 Å². The molecule has 176 valence electrons. The fourth-order valence-electron chi connectivity index (χ4n) is 4.25. The Morgan fingerprint density at radius 2 is 1.44 bits per heavy atom. The topological polar surface area (TPSA) is 66.9 Å². The van der Waals surface area contributed by atoms with Crippen molar-refractivity contribution >= 4 is 22.1 Å². The van der Waals surface area contributed by atoms with Gasteiger partial charge in [-0.25, -0.2) is 13.2 Å². The van der Waals surface area contributed by atoms with E-state index in [0.29, 0.717) is 31.7 Å². The van der Waals surface area contributed by atoms with Gasteiger partial charge in [-0.1, -0.05) is 72.8 Å². The molecular weight excluding hydrogens is 448 g/mol. The van der Waals surface area contributed by atoms with E-state index in [9.17, 15) is 13.2 Å². The van der Waals surface area contributed by atoms with Crippen LogP contribution in [0.15, 0.2) is 95.9 Å². The van der Waals surface area contributed by atoms with Crippen LogP contribution in [-0.2, 0) is 19.6 Å². The number of hydrogen-bond acceptors (Lipinski definition) is 5. The smallest absolute Gasteiger partial charge is 0.330 e. The third-order valence-electron chi connectivity index (χ3n) is 5.98. The van der Waals surface area contributed by atoms with E-state index < -0.39 is 16.0 Å². The van der Waals surface area contributed by atoms with Crippen LogP contribution in [0.3, 0.4) is 0 Å². The third-order valence-corrected chi connectivity index (χ3v) is 7.87. The van der Waals surface area contributed by atoms with Gasteiger partial charge in [0.15, 0.2) is 0 Å². The number of esters is 1. The summed E-state index contributed by atoms with van der Waals surface area (Å²) in [6.07, 6.45) is 2.82. The second-order valence-electron chi connectivity index (χ2n) is 8.09. The Morgan fingerprint density at radius 1 is 0.853 bits per heavy atom. The Hall–Kier alpha value is -3.26. The molecule has 0 aliphatic carbocycles. The SMILES string of the molecule is COC(=O)/C=C/c1cccc(S(=O)(=O)N2CCN(C(c3ccccc3)c3ccccc3)CC2)c1. The van der Waals surface area contributed by atoms with Crippen LogP contribution in [0.1, 0.15) is 22.7 Å². The van der Waals surface area contributed by atoms with E-state index in [2.05, 4.69) is 33.9 Å². The van der Waals surface area contributed by atoms with Crippen LogP contribution in [0.5, 0.6) is 0 Å². The summed E-state index contributed by atoms with van der Waals surface area (Å²) in [6.45, 7) is 2.05. The molecule has 7 heteroatoms. The van der Waals surface area contributed by atoms with E-state index in [4.69, 9.17) is 0 Å². The van der Waals surface area contributed by atoms with Crippen molar-refractivity contribution in [3.63, 3.8) is 0 Å². The van der Waals surface area contributed by atoms with Gasteiger partial charge in [-0.05, 0) is 34.9 Å². The molecular formula is C27H28N2O4S. The van der Waals surface area contributed by atoms with Crippen molar-refractivity contribution in [2.45, 2.75) is 10.9 Å². The summed E-state index contributed by atoms with van der Waals surface area (Å²) in [7, 11) is -2.35. The molecule has 0 saturated carbocycles. The number of carbonyl (C=O) groups excluding carboxylic acids is 1. The van der Waals surface area contributed by atoms with Gasteiger partial charge in [0.1, 0.15) is 0 Å². The quantitative estimate of drug-likeness (QED) is 0.381. The van der Waals surface area contributed by atoms with E-state index in [1.54, 1.807) is 34.6 Å². The molecule has 0 atom stereocenters. The molecule has 0 amide bonds. The van der Waals surface area contributed by atoms with Crippen molar-refractivity contribution in [3.8, 4) is 0 Å². The summed E-state index contributed by atoms with van der Waals surface area (Å²) in [4.78, 5) is 13.9. The van der Waals surface area contributed by atoms with Crippen molar-refractivity contribution < 1.29 is 17.9 Å². The van der Waals surface area contributed by atoms with E-state index in [0.717, 1.165) is 0 Å². The van der Waals surface area contributed by atoms with Crippen molar-refractivity contribution in [1.29, 1.82) is 0 Å². The molecule has 0 unspecified atom stereocenters. The highest BCUT2D eigenvalue weighted by Crippen LogP contribution is 2.30. The van der Waals surface area contributed by atoms with Gasteiger partial charge in [-0.15, -0.1) is 0 Å². The Bertz CT molecular complexity index is 1200. The summed E-state index contributed by atoms with van der Waals surface area (Å²) in [5.74, 6) is -0.490. The first-order chi connectivity index (χ1) is 16.5. The number of ether oxygens (including phenoxy) is 1. The van der Waals surface area contributed by atoms with E-state index >= 15 is 0 Å². The first kappa shape index (κ1) is 23.9. The molecule has 0 bridgehead atoms. The highest BCUT2D eigenvalue weighted by molar-refractivity contribution is 7.89. The number of methoxy groups -OCH3 is 1. The number of hydrogen-bond donors (Lipinski definition) is 0. The maximum absolute atomic E-state index is 13.3. The number of benzene rings is 3. The zero-order valence-electron chi connectivity index (χ0n) is 19.1. The standard InChI is InChI=1S/C27H28N2O4S/c1-33-26(30)16-15-22-9-8-14-25(21-22)34(31,32)29-19-17-28(18-20-29)27(23-10-4-2-5-11-23)24-12-6-3-7-13-24/h2-16,21,27H,17-20H2,1H3/b16-15+. The minimum Gasteiger partial charge on any atom is -0.466 e. The molecule has 0 N–H and O–H groups in total. The summed E-state index contributed by atoms with van der Waals surface area (Å²) < 4.78 is 32.8. The highest BCUT2D eigenvalue weighted by Gasteiger charge is 2.32. The maximum Gasteiger partial charge on any atom is 0.330 e. The average molecular weight is 477 g/mol. The lowest BCUT2D eigenvalue weighted by Crippen LogP contribution is -2.49. The Labute approximate surface area is 201 Å². The highest BCUT2D eigenvalue weighted by atomic mass is 32.2. The lowest BCUT2D eigenvalue weighted by atomic mass is 9.96. The van der Waals surface area contributed by atoms with Gasteiger partial charge >= 0.3 is 5.97 Å². The Balaban J connectivity index is 1.51. The van der Waals surface area contributed by atoms with Crippen LogP contribution in [0.4, 0.5) is 0 Å². The molecule has 1 aliphatic heterocycles. The number of nitrogens with zero attached hydrogens (tertiary/aromatic N) is 2. The number of rotatable bonds is 7. The molecule has 34 heavy (non-hydrogen) atoms. The largest absolute Gasteiger partial charge is 0.466 e. The normalized spacial score (nSPS) is 15.6. The Morgan fingerprint density at radius 3 is 2.00 bits per heavy atom. The third kappa shape index (κ3) is 5.44. The minimum atomic E-state index is -3.65. The van der Waals surface area contributed by atoms with E-state index in [-0.39, 0.29) is 10.9 Å². The average Bonchev–Trinajstić information content (AvgIpc) is 2.89. The first-order valence-corrected chi connectivity index (χ1v) is 12.6. The second-order valence-corrected chi connectivity index (χ2v) is 10.0. The van der Waals surface area contributed by atoms with Crippen molar-refractivity contribution in [2.75, 3.05) is 33.3 Å². The summed E-state index contributed by atoms with van der Waals surface area (Å²) in [5, 5.41) is 0. The van der Waals surface area contributed by atoms with Crippen LogP contribution in [0, 0.1) is 0 Å². The molecule has 6 nitrogen and oxygen atoms in total. The Kier molecular flexibility index (Phi) is 7.57. The van der Waals surface area contributed by atoms with Crippen molar-refractivity contribution in [2.24, 2.45) is 0 Å². The van der Waals surface area contributed by atoms with Crippen LogP contribution >= 0.6 is 0 Å². The predicted octanol–water partition coefficient (Wildman–Crippen LogP) is 3.97. The summed E-state index contributed by atoms with van der Waals surface area (Å²) in [5.41, 5.74) is 3.00. The van der Waals surface area contributed by atoms with Crippen LogP contribution in [0.25, 0.3) is 6.08 Å². The lowest BCUT2D eigenvalue weighted by Gasteiger charge is -2.39. The van der Waals surface area contributed by atoms with Crippen LogP contribution < -0.4 is 0 Å². The van der Waals surface area contributed by atoms with Gasteiger partial charge in [0.2, 0.25) is 10.0 Å². The van der Waals surface area contributed by atoms with Crippen LogP contribution in [-0.4, -0.2) is 56.9 Å². The van der Waals surface area contributed by atoms with Crippen molar-refractivity contribution in [1.82, 2.24) is 9.21 Å². The molecule has 0 spiro atoms. The van der Waals surface area contributed by atoms with Gasteiger partial charge < -0.3 is 4.74 Å². The molecule has 0 aromatic heterocycles. The maximum atomic E-state index is 13.3. The summed E-state index contributed by atoms with van der Waals surface area (Å²) >= 11 is 0. The molecule has 3 aromatic rings. The minimum absolute atomic E-state index is 0.0686. The lowest BCUT2D eigenvalue weighted by molar-refractivity contribution is -0.134. The zero-order chi connectivity index (χ0) is 24.0. The van der Waals surface area contributed by atoms with Gasteiger partial charge in [-0.2, -0.15) is 4.31 Å². The number of sulfonamides is 1. The van der Waals surface area contributed by atoms with Gasteiger partial charge in [0.25, 0.3) is 0 Å². The molecule has 1 saturated heterocycles. The molecule has 1 fully saturated rings. The fraction of sp³-hybridized carbons (Fsp3) is 0.222. The van der Waals surface area contributed by atoms with Crippen molar-refractivity contribution in [3.05, 3.63) is 108 Å². The molecule has 4 rings (SSSR count). The zero-order valence-corrected chi connectivity index (χ0v) is 19.9. The molecule has 1 heterocycles. The fourth-order valence-corrected chi connectivity index (χ4v) is 5.72. The second kappa shape index (κ2) is 10.8. The number of carbonyl (C=O) groups is 1. The van der Waals surface area contributed by atoms with Gasteiger partial charge in [-0.3, -0.25) is 4.90 Å². The van der Waals surface area contributed by atoms with Crippen LogP contribution in [0.2, 0.25) is 0 Å². The molecule has 0 radical (unpaired) electrons. The van der Waals surface area contributed by atoms with Gasteiger partial charge in [0.05, 0.1) is 18.0 Å². The monoisotopic (exact) mass is 476 g/mol. The molecule has 1 aliphatic rings.